The molecule has 1 fully saturated rings. The lowest BCUT2D eigenvalue weighted by Crippen LogP contribution is -2.53. The van der Waals surface area contributed by atoms with E-state index >= 15 is 0 Å². The number of nitrogens with one attached hydrogen (secondary N) is 1. The molecule has 0 spiro atoms. The number of amides is 2. The van der Waals surface area contributed by atoms with Crippen LogP contribution < -0.4 is 5.32 Å². The van der Waals surface area contributed by atoms with Crippen molar-refractivity contribution in [3.8, 4) is 5.69 Å². The molecule has 6 nitrogen and oxygen atoms in total. The molecule has 0 saturated carbocycles. The van der Waals surface area contributed by atoms with E-state index in [9.17, 15) is 14.0 Å². The number of halogens is 1. The van der Waals surface area contributed by atoms with Crippen LogP contribution in [-0.2, 0) is 9.59 Å². The van der Waals surface area contributed by atoms with Crippen LogP contribution in [0.15, 0.2) is 48.7 Å². The minimum atomic E-state index is -0.561. The van der Waals surface area contributed by atoms with Gasteiger partial charge < -0.3 is 0 Å². The fraction of sp³-hybridized carbons (Fsp3) is 0.111. The minimum Gasteiger partial charge on any atom is -0.298 e. The van der Waals surface area contributed by atoms with E-state index in [-0.39, 0.29) is 23.0 Å². The Morgan fingerprint density at radius 1 is 1.31 bits per heavy atom. The van der Waals surface area contributed by atoms with Crippen LogP contribution in [0.1, 0.15) is 11.3 Å². The zero-order chi connectivity index (χ0) is 18.8. The Morgan fingerprint density at radius 3 is 2.65 bits per heavy atom. The molecule has 26 heavy (non-hydrogen) atoms. The fourth-order valence-corrected chi connectivity index (χ4v) is 2.80. The maximum atomic E-state index is 13.1. The van der Waals surface area contributed by atoms with Crippen molar-refractivity contribution in [2.45, 2.75) is 6.92 Å². The lowest BCUT2D eigenvalue weighted by atomic mass is 10.1. The predicted octanol–water partition coefficient (Wildman–Crippen LogP) is 2.13. The zero-order valence-corrected chi connectivity index (χ0v) is 14.7. The molecule has 0 radical (unpaired) electrons. The molecule has 1 aliphatic rings. The van der Waals surface area contributed by atoms with Crippen LogP contribution in [0.4, 0.5) is 4.39 Å². The molecule has 8 heteroatoms. The van der Waals surface area contributed by atoms with E-state index in [4.69, 9.17) is 12.2 Å². The molecule has 0 atom stereocenters. The highest BCUT2D eigenvalue weighted by atomic mass is 32.1. The van der Waals surface area contributed by atoms with E-state index in [2.05, 4.69) is 17.0 Å². The van der Waals surface area contributed by atoms with Crippen LogP contribution in [0, 0.1) is 12.7 Å². The van der Waals surface area contributed by atoms with Crippen molar-refractivity contribution in [3.05, 3.63) is 65.8 Å². The Kier molecular flexibility index (Phi) is 4.77. The van der Waals surface area contributed by atoms with E-state index in [1.54, 1.807) is 23.7 Å². The molecule has 0 bridgehead atoms. The largest absolute Gasteiger partial charge is 0.298 e. The summed E-state index contributed by atoms with van der Waals surface area (Å²) in [7, 11) is 0. The number of hydrogen-bond acceptors (Lipinski definition) is 4. The van der Waals surface area contributed by atoms with Crippen LogP contribution in [0.3, 0.4) is 0 Å². The first-order valence-electron chi connectivity index (χ1n) is 7.72. The average Bonchev–Trinajstić information content (AvgIpc) is 2.97. The van der Waals surface area contributed by atoms with Crippen LogP contribution in [0.5, 0.6) is 0 Å². The number of nitrogens with zero attached hydrogens (tertiary/aromatic N) is 3. The van der Waals surface area contributed by atoms with Gasteiger partial charge in [-0.15, -0.1) is 6.58 Å². The summed E-state index contributed by atoms with van der Waals surface area (Å²) in [5.41, 5.74) is 1.93. The highest BCUT2D eigenvalue weighted by Crippen LogP contribution is 2.19. The number of benzene rings is 1. The van der Waals surface area contributed by atoms with Crippen molar-refractivity contribution >= 4 is 35.2 Å². The topological polar surface area (TPSA) is 67.2 Å². The lowest BCUT2D eigenvalue weighted by Gasteiger charge is -2.27. The monoisotopic (exact) mass is 370 g/mol. The molecule has 1 aliphatic heterocycles. The number of aromatic nitrogens is 2. The van der Waals surface area contributed by atoms with Crippen molar-refractivity contribution in [2.24, 2.45) is 0 Å². The van der Waals surface area contributed by atoms with Gasteiger partial charge in [-0.25, -0.2) is 9.07 Å². The standard InChI is InChI=1S/C18H15FN4O2S/c1-3-8-22-17(25)15(16(24)21-18(22)26)9-12-10-20-23(11(12)2)14-6-4-13(19)5-7-14/h3-7,9-10H,1,8H2,2H3,(H,21,24,26). The summed E-state index contributed by atoms with van der Waals surface area (Å²) in [5, 5.41) is 6.80. The first-order valence-corrected chi connectivity index (χ1v) is 8.13. The number of rotatable bonds is 4. The average molecular weight is 370 g/mol. The van der Waals surface area contributed by atoms with Crippen LogP contribution in [0.25, 0.3) is 11.8 Å². The molecule has 1 aromatic heterocycles. The summed E-state index contributed by atoms with van der Waals surface area (Å²) >= 11 is 5.02. The van der Waals surface area contributed by atoms with E-state index in [1.165, 1.54) is 35.4 Å². The molecule has 2 aromatic rings. The Hall–Kier alpha value is -3.13. The molecule has 2 amide bonds. The molecule has 1 N–H and O–H groups in total. The number of carbonyl (C=O) groups excluding carboxylic acids is 2. The molecular formula is C18H15FN4O2S. The SMILES string of the molecule is C=CCN1C(=O)C(=Cc2cnn(-c3ccc(F)cc3)c2C)C(=O)NC1=S. The smallest absolute Gasteiger partial charge is 0.265 e. The van der Waals surface area contributed by atoms with Gasteiger partial charge in [0.2, 0.25) is 0 Å². The number of thiocarbonyl (C=S) groups is 1. The maximum absolute atomic E-state index is 13.1. The van der Waals surface area contributed by atoms with Gasteiger partial charge in [-0.3, -0.25) is 19.8 Å². The molecule has 3 rings (SSSR count). The van der Waals surface area contributed by atoms with Crippen molar-refractivity contribution in [1.29, 1.82) is 0 Å². The molecule has 2 heterocycles. The second kappa shape index (κ2) is 7.01. The highest BCUT2D eigenvalue weighted by molar-refractivity contribution is 7.80. The fourth-order valence-electron chi connectivity index (χ4n) is 2.55. The van der Waals surface area contributed by atoms with Gasteiger partial charge in [0.05, 0.1) is 11.9 Å². The summed E-state index contributed by atoms with van der Waals surface area (Å²) in [6.07, 6.45) is 4.53. The molecule has 132 valence electrons. The second-order valence-corrected chi connectivity index (χ2v) is 5.98. The molecule has 0 aliphatic carbocycles. The predicted molar refractivity (Wildman–Crippen MR) is 98.9 cm³/mol. The van der Waals surface area contributed by atoms with E-state index in [0.717, 1.165) is 0 Å². The third-order valence-corrected chi connectivity index (χ3v) is 4.24. The van der Waals surface area contributed by atoms with Crippen molar-refractivity contribution < 1.29 is 14.0 Å². The van der Waals surface area contributed by atoms with Gasteiger partial charge in [0, 0.05) is 17.8 Å². The van der Waals surface area contributed by atoms with Crippen LogP contribution in [0.2, 0.25) is 0 Å². The summed E-state index contributed by atoms with van der Waals surface area (Å²) in [5.74, 6) is -1.40. The highest BCUT2D eigenvalue weighted by Gasteiger charge is 2.32. The molecule has 1 saturated heterocycles. The van der Waals surface area contributed by atoms with Crippen molar-refractivity contribution in [2.75, 3.05) is 6.54 Å². The van der Waals surface area contributed by atoms with Gasteiger partial charge in [-0.1, -0.05) is 6.08 Å². The van der Waals surface area contributed by atoms with Gasteiger partial charge in [0.15, 0.2) is 5.11 Å². The zero-order valence-electron chi connectivity index (χ0n) is 13.9. The molecular weight excluding hydrogens is 355 g/mol. The first-order chi connectivity index (χ1) is 12.4. The maximum Gasteiger partial charge on any atom is 0.265 e. The van der Waals surface area contributed by atoms with E-state index in [1.807, 2.05) is 0 Å². The Labute approximate surface area is 154 Å². The van der Waals surface area contributed by atoms with Gasteiger partial charge in [0.25, 0.3) is 11.8 Å². The van der Waals surface area contributed by atoms with E-state index in [0.29, 0.717) is 16.9 Å². The summed E-state index contributed by atoms with van der Waals surface area (Å²) < 4.78 is 14.7. The van der Waals surface area contributed by atoms with Crippen molar-refractivity contribution in [3.63, 3.8) is 0 Å². The minimum absolute atomic E-state index is 0.0396. The van der Waals surface area contributed by atoms with Gasteiger partial charge in [-0.05, 0) is 49.5 Å². The van der Waals surface area contributed by atoms with Crippen molar-refractivity contribution in [1.82, 2.24) is 20.0 Å². The summed E-state index contributed by atoms with van der Waals surface area (Å²) in [4.78, 5) is 26.0. The van der Waals surface area contributed by atoms with E-state index < -0.39 is 11.8 Å². The Bertz CT molecular complexity index is 947. The molecule has 1 aromatic carbocycles. The molecule has 0 unspecified atom stereocenters. The summed E-state index contributed by atoms with van der Waals surface area (Å²) in [6, 6.07) is 5.85. The Balaban J connectivity index is 1.98. The quantitative estimate of drug-likeness (QED) is 0.388. The third-order valence-electron chi connectivity index (χ3n) is 3.92. The van der Waals surface area contributed by atoms with Crippen LogP contribution >= 0.6 is 12.2 Å². The van der Waals surface area contributed by atoms with Gasteiger partial charge in [0.1, 0.15) is 11.4 Å². The number of carbonyl (C=O) groups is 2. The number of hydrogen-bond donors (Lipinski definition) is 1. The first kappa shape index (κ1) is 17.7. The van der Waals surface area contributed by atoms with Gasteiger partial charge >= 0.3 is 0 Å². The third kappa shape index (κ3) is 3.18. The second-order valence-electron chi connectivity index (χ2n) is 5.60. The lowest BCUT2D eigenvalue weighted by molar-refractivity contribution is -0.128. The van der Waals surface area contributed by atoms with Crippen LogP contribution in [-0.4, -0.2) is 38.2 Å². The summed E-state index contributed by atoms with van der Waals surface area (Å²) in [6.45, 7) is 5.57. The van der Waals surface area contributed by atoms with Gasteiger partial charge in [-0.2, -0.15) is 5.10 Å². The normalized spacial score (nSPS) is 16.2. The Morgan fingerprint density at radius 2 is 2.00 bits per heavy atom.